The summed E-state index contributed by atoms with van der Waals surface area (Å²) in [7, 11) is 0. The van der Waals surface area contributed by atoms with Crippen LogP contribution in [0.3, 0.4) is 0 Å². The van der Waals surface area contributed by atoms with Crippen LogP contribution < -0.4 is 5.32 Å². The summed E-state index contributed by atoms with van der Waals surface area (Å²) in [5.41, 5.74) is 0. The normalized spacial score (nSPS) is 42.0. The van der Waals surface area contributed by atoms with Crippen LogP contribution in [0.15, 0.2) is 0 Å². The van der Waals surface area contributed by atoms with Gasteiger partial charge in [0.05, 0.1) is 12.2 Å². The first-order valence-corrected chi connectivity index (χ1v) is 6.35. The van der Waals surface area contributed by atoms with Gasteiger partial charge in [0, 0.05) is 6.04 Å². The van der Waals surface area contributed by atoms with E-state index in [1.165, 1.54) is 19.3 Å². The molecule has 0 aliphatic heterocycles. The standard InChI is InChI=1S/C12H23NO2/c14-10-6-9(7-10)8-13-11-4-2-1-3-5-12(11)15/h9-15H,1-8H2. The third kappa shape index (κ3) is 3.16. The van der Waals surface area contributed by atoms with Gasteiger partial charge in [0.2, 0.25) is 0 Å². The highest BCUT2D eigenvalue weighted by Crippen LogP contribution is 2.27. The van der Waals surface area contributed by atoms with Crippen LogP contribution in [-0.4, -0.2) is 35.0 Å². The number of aliphatic hydroxyl groups excluding tert-OH is 2. The van der Waals surface area contributed by atoms with Crippen molar-refractivity contribution in [2.45, 2.75) is 63.2 Å². The van der Waals surface area contributed by atoms with Gasteiger partial charge in [-0.2, -0.15) is 0 Å². The van der Waals surface area contributed by atoms with Crippen molar-refractivity contribution in [1.82, 2.24) is 5.32 Å². The smallest absolute Gasteiger partial charge is 0.0693 e. The molecule has 0 aromatic carbocycles. The molecular weight excluding hydrogens is 190 g/mol. The van der Waals surface area contributed by atoms with Gasteiger partial charge >= 0.3 is 0 Å². The summed E-state index contributed by atoms with van der Waals surface area (Å²) in [6.45, 7) is 0.971. The molecule has 0 amide bonds. The Labute approximate surface area is 91.9 Å². The SMILES string of the molecule is OC1CC(CNC2CCCCCC2O)C1. The van der Waals surface area contributed by atoms with E-state index in [2.05, 4.69) is 5.32 Å². The fourth-order valence-corrected chi connectivity index (χ4v) is 2.71. The van der Waals surface area contributed by atoms with Crippen LogP contribution in [0.5, 0.6) is 0 Å². The highest BCUT2D eigenvalue weighted by Gasteiger charge is 2.28. The largest absolute Gasteiger partial charge is 0.393 e. The van der Waals surface area contributed by atoms with Crippen LogP contribution in [-0.2, 0) is 0 Å². The number of rotatable bonds is 3. The van der Waals surface area contributed by atoms with Crippen LogP contribution in [0.25, 0.3) is 0 Å². The van der Waals surface area contributed by atoms with Crippen LogP contribution in [0.1, 0.15) is 44.9 Å². The second-order valence-corrected chi connectivity index (χ2v) is 5.21. The summed E-state index contributed by atoms with van der Waals surface area (Å²) in [5, 5.41) is 22.5. The van der Waals surface area contributed by atoms with Crippen LogP contribution in [0.4, 0.5) is 0 Å². The van der Waals surface area contributed by atoms with Crippen molar-refractivity contribution in [2.75, 3.05) is 6.54 Å². The Bertz CT molecular complexity index is 192. The molecule has 15 heavy (non-hydrogen) atoms. The second kappa shape index (κ2) is 5.28. The van der Waals surface area contributed by atoms with E-state index < -0.39 is 0 Å². The van der Waals surface area contributed by atoms with Gasteiger partial charge in [-0.05, 0) is 38.1 Å². The van der Waals surface area contributed by atoms with Crippen molar-refractivity contribution < 1.29 is 10.2 Å². The van der Waals surface area contributed by atoms with Gasteiger partial charge in [-0.3, -0.25) is 0 Å². The minimum atomic E-state index is -0.155. The second-order valence-electron chi connectivity index (χ2n) is 5.21. The summed E-state index contributed by atoms with van der Waals surface area (Å²) in [6.07, 6.45) is 7.39. The zero-order valence-corrected chi connectivity index (χ0v) is 9.36. The average molecular weight is 213 g/mol. The monoisotopic (exact) mass is 213 g/mol. The molecule has 2 unspecified atom stereocenters. The molecule has 0 saturated heterocycles. The fraction of sp³-hybridized carbons (Fsp3) is 1.00. The third-order valence-corrected chi connectivity index (χ3v) is 3.86. The Hall–Kier alpha value is -0.120. The molecular formula is C12H23NO2. The van der Waals surface area contributed by atoms with Gasteiger partial charge in [-0.15, -0.1) is 0 Å². The molecule has 2 atom stereocenters. The molecule has 0 heterocycles. The van der Waals surface area contributed by atoms with Crippen molar-refractivity contribution in [3.8, 4) is 0 Å². The van der Waals surface area contributed by atoms with Gasteiger partial charge < -0.3 is 15.5 Å². The van der Waals surface area contributed by atoms with Gasteiger partial charge in [0.1, 0.15) is 0 Å². The number of hydrogen-bond donors (Lipinski definition) is 3. The summed E-state index contributed by atoms with van der Waals surface area (Å²) in [6, 6.07) is 0.297. The van der Waals surface area contributed by atoms with Gasteiger partial charge in [-0.25, -0.2) is 0 Å². The lowest BCUT2D eigenvalue weighted by atomic mass is 9.82. The molecule has 0 aromatic rings. The van der Waals surface area contributed by atoms with Crippen molar-refractivity contribution in [1.29, 1.82) is 0 Å². The molecule has 2 fully saturated rings. The van der Waals surface area contributed by atoms with Crippen LogP contribution >= 0.6 is 0 Å². The van der Waals surface area contributed by atoms with E-state index >= 15 is 0 Å². The maximum Gasteiger partial charge on any atom is 0.0693 e. The maximum atomic E-state index is 9.89. The third-order valence-electron chi connectivity index (χ3n) is 3.86. The van der Waals surface area contributed by atoms with Crippen molar-refractivity contribution in [3.05, 3.63) is 0 Å². The number of hydrogen-bond acceptors (Lipinski definition) is 3. The molecule has 2 aliphatic carbocycles. The first-order valence-electron chi connectivity index (χ1n) is 6.35. The lowest BCUT2D eigenvalue weighted by molar-refractivity contribution is 0.0371. The molecule has 2 saturated carbocycles. The van der Waals surface area contributed by atoms with E-state index in [4.69, 9.17) is 0 Å². The highest BCUT2D eigenvalue weighted by atomic mass is 16.3. The number of nitrogens with one attached hydrogen (secondary N) is 1. The first kappa shape index (κ1) is 11.4. The van der Waals surface area contributed by atoms with Crippen LogP contribution in [0.2, 0.25) is 0 Å². The molecule has 2 aliphatic rings. The van der Waals surface area contributed by atoms with Crippen molar-refractivity contribution >= 4 is 0 Å². The molecule has 2 rings (SSSR count). The van der Waals surface area contributed by atoms with E-state index in [1.807, 2.05) is 0 Å². The molecule has 88 valence electrons. The predicted octanol–water partition coefficient (Wildman–Crippen LogP) is 1.04. The van der Waals surface area contributed by atoms with Crippen LogP contribution in [0, 0.1) is 5.92 Å². The molecule has 3 heteroatoms. The van der Waals surface area contributed by atoms with Crippen molar-refractivity contribution in [3.63, 3.8) is 0 Å². The molecule has 0 aromatic heterocycles. The first-order chi connectivity index (χ1) is 7.25. The highest BCUT2D eigenvalue weighted by molar-refractivity contribution is 4.84. The molecule has 0 radical (unpaired) electrons. The molecule has 3 N–H and O–H groups in total. The Morgan fingerprint density at radius 2 is 1.73 bits per heavy atom. The lowest BCUT2D eigenvalue weighted by Crippen LogP contribution is -2.44. The summed E-state index contributed by atoms with van der Waals surface area (Å²) in [5.74, 6) is 0.635. The van der Waals surface area contributed by atoms with Gasteiger partial charge in [0.25, 0.3) is 0 Å². The topological polar surface area (TPSA) is 52.5 Å². The van der Waals surface area contributed by atoms with Crippen molar-refractivity contribution in [2.24, 2.45) is 5.92 Å². The summed E-state index contributed by atoms with van der Waals surface area (Å²) in [4.78, 5) is 0. The number of aliphatic hydroxyl groups is 2. The zero-order valence-electron chi connectivity index (χ0n) is 9.36. The van der Waals surface area contributed by atoms with Gasteiger partial charge in [0.15, 0.2) is 0 Å². The molecule has 3 nitrogen and oxygen atoms in total. The van der Waals surface area contributed by atoms with E-state index in [0.29, 0.717) is 12.0 Å². The molecule has 0 bridgehead atoms. The Balaban J connectivity index is 1.67. The molecule has 0 spiro atoms. The van der Waals surface area contributed by atoms with Gasteiger partial charge in [-0.1, -0.05) is 19.3 Å². The van der Waals surface area contributed by atoms with E-state index in [-0.39, 0.29) is 12.2 Å². The Kier molecular flexibility index (Phi) is 4.00. The average Bonchev–Trinajstić information content (AvgIpc) is 2.36. The minimum Gasteiger partial charge on any atom is -0.393 e. The van der Waals surface area contributed by atoms with E-state index in [0.717, 1.165) is 32.2 Å². The fourth-order valence-electron chi connectivity index (χ4n) is 2.71. The Morgan fingerprint density at radius 1 is 1.00 bits per heavy atom. The lowest BCUT2D eigenvalue weighted by Gasteiger charge is -2.33. The van der Waals surface area contributed by atoms with E-state index in [1.54, 1.807) is 0 Å². The summed E-state index contributed by atoms with van der Waals surface area (Å²) < 4.78 is 0. The Morgan fingerprint density at radius 3 is 2.47 bits per heavy atom. The minimum absolute atomic E-state index is 0.0594. The quantitative estimate of drug-likeness (QED) is 0.614. The predicted molar refractivity (Wildman–Crippen MR) is 59.6 cm³/mol. The summed E-state index contributed by atoms with van der Waals surface area (Å²) >= 11 is 0. The van der Waals surface area contributed by atoms with E-state index in [9.17, 15) is 10.2 Å². The maximum absolute atomic E-state index is 9.89. The zero-order chi connectivity index (χ0) is 10.7.